The fourth-order valence-corrected chi connectivity index (χ4v) is 3.59. The molecule has 3 heteroatoms. The highest BCUT2D eigenvalue weighted by atomic mass is 16.2. The highest BCUT2D eigenvalue weighted by Crippen LogP contribution is 2.42. The number of amides is 1. The van der Waals surface area contributed by atoms with Gasteiger partial charge in [-0.2, -0.15) is 0 Å². The smallest absolute Gasteiger partial charge is 0.223 e. The molecule has 2 heterocycles. The molecule has 0 N–H and O–H groups in total. The average molecular weight is 266 g/mol. The summed E-state index contributed by atoms with van der Waals surface area (Å²) in [6, 6.07) is 0.647. The Kier molecular flexibility index (Phi) is 4.54. The SMILES string of the molecule is CC(C)CN1CCC2(CCN(C(C)C)CC2)CC1=O. The van der Waals surface area contributed by atoms with Gasteiger partial charge in [0.05, 0.1) is 0 Å². The second-order valence-corrected chi connectivity index (χ2v) is 7.29. The van der Waals surface area contributed by atoms with Crippen LogP contribution in [0, 0.1) is 11.3 Å². The summed E-state index contributed by atoms with van der Waals surface area (Å²) in [5.74, 6) is 0.985. The zero-order chi connectivity index (χ0) is 14.0. The summed E-state index contributed by atoms with van der Waals surface area (Å²) in [4.78, 5) is 17.0. The maximum Gasteiger partial charge on any atom is 0.223 e. The zero-order valence-corrected chi connectivity index (χ0v) is 13.1. The van der Waals surface area contributed by atoms with Crippen molar-refractivity contribution < 1.29 is 4.79 Å². The van der Waals surface area contributed by atoms with Gasteiger partial charge in [0.15, 0.2) is 0 Å². The topological polar surface area (TPSA) is 23.6 Å². The Morgan fingerprint density at radius 2 is 1.63 bits per heavy atom. The van der Waals surface area contributed by atoms with Crippen molar-refractivity contribution in [1.29, 1.82) is 0 Å². The molecule has 3 nitrogen and oxygen atoms in total. The first-order chi connectivity index (χ1) is 8.92. The molecule has 19 heavy (non-hydrogen) atoms. The zero-order valence-electron chi connectivity index (χ0n) is 13.1. The maximum absolute atomic E-state index is 12.3. The molecule has 0 aromatic heterocycles. The van der Waals surface area contributed by atoms with E-state index in [0.717, 1.165) is 19.5 Å². The van der Waals surface area contributed by atoms with Gasteiger partial charge in [0.2, 0.25) is 5.91 Å². The predicted octanol–water partition coefficient (Wildman–Crippen LogP) is 2.76. The number of piperidine rings is 2. The van der Waals surface area contributed by atoms with E-state index in [-0.39, 0.29) is 0 Å². The first-order valence-corrected chi connectivity index (χ1v) is 7.94. The van der Waals surface area contributed by atoms with Crippen LogP contribution in [-0.4, -0.2) is 47.9 Å². The highest BCUT2D eigenvalue weighted by molar-refractivity contribution is 5.77. The molecule has 2 rings (SSSR count). The third-order valence-electron chi connectivity index (χ3n) is 4.97. The molecule has 2 aliphatic heterocycles. The standard InChI is InChI=1S/C16H30N2O/c1-13(2)12-18-10-7-16(11-15(18)19)5-8-17(9-6-16)14(3)4/h13-14H,5-12H2,1-4H3. The lowest BCUT2D eigenvalue weighted by atomic mass is 9.70. The Morgan fingerprint density at radius 1 is 1.05 bits per heavy atom. The van der Waals surface area contributed by atoms with E-state index in [1.165, 1.54) is 32.4 Å². The van der Waals surface area contributed by atoms with E-state index in [0.29, 0.717) is 23.3 Å². The molecular formula is C16H30N2O. The van der Waals surface area contributed by atoms with Gasteiger partial charge >= 0.3 is 0 Å². The Hall–Kier alpha value is -0.570. The van der Waals surface area contributed by atoms with E-state index < -0.39 is 0 Å². The molecule has 2 saturated heterocycles. The third-order valence-corrected chi connectivity index (χ3v) is 4.97. The number of rotatable bonds is 3. The van der Waals surface area contributed by atoms with Crippen molar-refractivity contribution in [2.75, 3.05) is 26.2 Å². The van der Waals surface area contributed by atoms with E-state index in [4.69, 9.17) is 0 Å². The second kappa shape index (κ2) is 5.82. The van der Waals surface area contributed by atoms with Gasteiger partial charge in [0.25, 0.3) is 0 Å². The Bertz CT molecular complexity index is 317. The van der Waals surface area contributed by atoms with E-state index in [1.807, 2.05) is 0 Å². The fraction of sp³-hybridized carbons (Fsp3) is 0.938. The molecule has 2 aliphatic rings. The predicted molar refractivity (Wildman–Crippen MR) is 79.0 cm³/mol. The van der Waals surface area contributed by atoms with Crippen LogP contribution < -0.4 is 0 Å². The van der Waals surface area contributed by atoms with Crippen molar-refractivity contribution in [2.24, 2.45) is 11.3 Å². The van der Waals surface area contributed by atoms with Crippen LogP contribution >= 0.6 is 0 Å². The molecule has 0 atom stereocenters. The van der Waals surface area contributed by atoms with Crippen LogP contribution in [0.1, 0.15) is 53.4 Å². The maximum atomic E-state index is 12.3. The highest BCUT2D eigenvalue weighted by Gasteiger charge is 2.41. The van der Waals surface area contributed by atoms with Crippen LogP contribution in [0.15, 0.2) is 0 Å². The summed E-state index contributed by atoms with van der Waals surface area (Å²) in [6.07, 6.45) is 4.45. The van der Waals surface area contributed by atoms with Gasteiger partial charge in [-0.05, 0) is 57.5 Å². The third kappa shape index (κ3) is 3.50. The summed E-state index contributed by atoms with van der Waals surface area (Å²) in [7, 11) is 0. The molecule has 2 fully saturated rings. The van der Waals surface area contributed by atoms with E-state index in [9.17, 15) is 4.79 Å². The average Bonchev–Trinajstić information content (AvgIpc) is 2.33. The quantitative estimate of drug-likeness (QED) is 0.784. The van der Waals surface area contributed by atoms with Crippen molar-refractivity contribution >= 4 is 5.91 Å². The number of carbonyl (C=O) groups is 1. The molecule has 0 bridgehead atoms. The van der Waals surface area contributed by atoms with Gasteiger partial charge in [-0.3, -0.25) is 4.79 Å². The van der Waals surface area contributed by atoms with Gasteiger partial charge in [0.1, 0.15) is 0 Å². The molecule has 110 valence electrons. The van der Waals surface area contributed by atoms with Crippen molar-refractivity contribution in [3.63, 3.8) is 0 Å². The van der Waals surface area contributed by atoms with Crippen LogP contribution in [0.25, 0.3) is 0 Å². The normalized spacial score (nSPS) is 24.7. The molecule has 0 unspecified atom stereocenters. The molecule has 1 amide bonds. The van der Waals surface area contributed by atoms with E-state index in [1.54, 1.807) is 0 Å². The number of carbonyl (C=O) groups excluding carboxylic acids is 1. The molecule has 0 aromatic carbocycles. The molecular weight excluding hydrogens is 236 g/mol. The van der Waals surface area contributed by atoms with Crippen LogP contribution in [0.3, 0.4) is 0 Å². The molecule has 1 spiro atoms. The largest absolute Gasteiger partial charge is 0.342 e. The lowest BCUT2D eigenvalue weighted by Gasteiger charge is -2.47. The fourth-order valence-electron chi connectivity index (χ4n) is 3.59. The number of hydrogen-bond donors (Lipinski definition) is 0. The molecule has 0 aromatic rings. The number of nitrogens with zero attached hydrogens (tertiary/aromatic N) is 2. The van der Waals surface area contributed by atoms with Gasteiger partial charge < -0.3 is 9.80 Å². The Balaban J connectivity index is 1.90. The Morgan fingerprint density at radius 3 is 2.11 bits per heavy atom. The summed E-state index contributed by atoms with van der Waals surface area (Å²) in [6.45, 7) is 13.2. The van der Waals surface area contributed by atoms with E-state index in [2.05, 4.69) is 37.5 Å². The lowest BCUT2D eigenvalue weighted by molar-refractivity contribution is -0.140. The van der Waals surface area contributed by atoms with Crippen molar-refractivity contribution in [3.8, 4) is 0 Å². The minimum atomic E-state index is 0.329. The number of likely N-dealkylation sites (tertiary alicyclic amines) is 2. The van der Waals surface area contributed by atoms with Crippen molar-refractivity contribution in [3.05, 3.63) is 0 Å². The van der Waals surface area contributed by atoms with E-state index >= 15 is 0 Å². The first kappa shape index (κ1) is 14.8. The number of hydrogen-bond acceptors (Lipinski definition) is 2. The first-order valence-electron chi connectivity index (χ1n) is 7.94. The molecule has 0 aliphatic carbocycles. The summed E-state index contributed by atoms with van der Waals surface area (Å²) < 4.78 is 0. The monoisotopic (exact) mass is 266 g/mol. The second-order valence-electron chi connectivity index (χ2n) is 7.29. The summed E-state index contributed by atoms with van der Waals surface area (Å²) in [5, 5.41) is 0. The lowest BCUT2D eigenvalue weighted by Crippen LogP contribution is -2.50. The van der Waals surface area contributed by atoms with Crippen molar-refractivity contribution in [1.82, 2.24) is 9.80 Å². The van der Waals surface area contributed by atoms with Gasteiger partial charge in [-0.25, -0.2) is 0 Å². The van der Waals surface area contributed by atoms with Crippen LogP contribution in [-0.2, 0) is 4.79 Å². The Labute approximate surface area is 118 Å². The minimum Gasteiger partial charge on any atom is -0.342 e. The van der Waals surface area contributed by atoms with Crippen molar-refractivity contribution in [2.45, 2.75) is 59.4 Å². The molecule has 0 radical (unpaired) electrons. The minimum absolute atomic E-state index is 0.329. The summed E-state index contributed by atoms with van der Waals surface area (Å²) >= 11 is 0. The van der Waals surface area contributed by atoms with Gasteiger partial charge in [0, 0.05) is 25.6 Å². The van der Waals surface area contributed by atoms with Crippen LogP contribution in [0.2, 0.25) is 0 Å². The van der Waals surface area contributed by atoms with Crippen LogP contribution in [0.4, 0.5) is 0 Å². The molecule has 0 saturated carbocycles. The van der Waals surface area contributed by atoms with Gasteiger partial charge in [-0.1, -0.05) is 13.8 Å². The summed E-state index contributed by atoms with van der Waals surface area (Å²) in [5.41, 5.74) is 0.329. The van der Waals surface area contributed by atoms with Crippen LogP contribution in [0.5, 0.6) is 0 Å². The van der Waals surface area contributed by atoms with Gasteiger partial charge in [-0.15, -0.1) is 0 Å².